The lowest BCUT2D eigenvalue weighted by molar-refractivity contribution is 0.239. The highest BCUT2D eigenvalue weighted by molar-refractivity contribution is 5.54. The van der Waals surface area contributed by atoms with E-state index in [2.05, 4.69) is 13.0 Å². The molecule has 1 heterocycles. The largest absolute Gasteiger partial charge is 0.488 e. The van der Waals surface area contributed by atoms with E-state index in [9.17, 15) is 0 Å². The first kappa shape index (κ1) is 9.22. The van der Waals surface area contributed by atoms with E-state index >= 15 is 0 Å². The van der Waals surface area contributed by atoms with Crippen molar-refractivity contribution < 1.29 is 4.74 Å². The molecule has 80 valence electrons. The fourth-order valence-electron chi connectivity index (χ4n) is 2.92. The molecule has 0 aromatic heterocycles. The molecule has 1 aromatic carbocycles. The molecule has 1 aliphatic carbocycles. The molecule has 0 saturated carbocycles. The van der Waals surface area contributed by atoms with Gasteiger partial charge in [0, 0.05) is 13.0 Å². The van der Waals surface area contributed by atoms with E-state index in [1.807, 2.05) is 0 Å². The molecule has 1 aliphatic heterocycles. The van der Waals surface area contributed by atoms with Crippen LogP contribution in [0.4, 0.5) is 0 Å². The van der Waals surface area contributed by atoms with Crippen molar-refractivity contribution in [2.75, 3.05) is 6.54 Å². The van der Waals surface area contributed by atoms with Crippen molar-refractivity contribution in [2.24, 2.45) is 5.73 Å². The third-order valence-electron chi connectivity index (χ3n) is 3.65. The average Bonchev–Trinajstić information content (AvgIpc) is 2.80. The molecule has 3 rings (SSSR count). The number of ether oxygens (including phenoxy) is 1. The Morgan fingerprint density at radius 2 is 2.20 bits per heavy atom. The molecule has 0 unspecified atom stereocenters. The molecule has 2 N–H and O–H groups in total. The number of fused-ring (bicyclic) bond motifs is 3. The normalized spacial score (nSPS) is 22.4. The maximum atomic E-state index is 5.93. The second kappa shape index (κ2) is 3.24. The Bertz CT molecular complexity index is 411. The molecule has 2 nitrogen and oxygen atoms in total. The number of hydrogen-bond donors (Lipinski definition) is 1. The summed E-state index contributed by atoms with van der Waals surface area (Å²) >= 11 is 0. The summed E-state index contributed by atoms with van der Waals surface area (Å²) in [6, 6.07) is 2.30. The van der Waals surface area contributed by atoms with Crippen LogP contribution in [-0.2, 0) is 19.3 Å². The van der Waals surface area contributed by atoms with Gasteiger partial charge in [-0.1, -0.05) is 6.07 Å². The van der Waals surface area contributed by atoms with Crippen molar-refractivity contribution in [3.8, 4) is 5.75 Å². The predicted octanol–water partition coefficient (Wildman–Crippen LogP) is 1.75. The van der Waals surface area contributed by atoms with Gasteiger partial charge in [0.2, 0.25) is 0 Å². The molecule has 0 amide bonds. The average molecular weight is 203 g/mol. The van der Waals surface area contributed by atoms with Gasteiger partial charge in [-0.2, -0.15) is 0 Å². The summed E-state index contributed by atoms with van der Waals surface area (Å²) in [5, 5.41) is 0. The van der Waals surface area contributed by atoms with Gasteiger partial charge in [0.1, 0.15) is 11.9 Å². The molecule has 15 heavy (non-hydrogen) atoms. The van der Waals surface area contributed by atoms with E-state index in [0.29, 0.717) is 6.54 Å². The zero-order chi connectivity index (χ0) is 10.4. The first-order valence-corrected chi connectivity index (χ1v) is 5.80. The van der Waals surface area contributed by atoms with Gasteiger partial charge in [-0.3, -0.25) is 0 Å². The van der Waals surface area contributed by atoms with Gasteiger partial charge in [-0.05, 0) is 48.4 Å². The fraction of sp³-hybridized carbons (Fsp3) is 0.538. The van der Waals surface area contributed by atoms with Crippen LogP contribution < -0.4 is 10.5 Å². The minimum Gasteiger partial charge on any atom is -0.488 e. The zero-order valence-electron chi connectivity index (χ0n) is 9.18. The second-order valence-corrected chi connectivity index (χ2v) is 4.67. The number of aryl methyl sites for hydroxylation is 1. The van der Waals surface area contributed by atoms with Crippen molar-refractivity contribution in [2.45, 2.75) is 38.7 Å². The van der Waals surface area contributed by atoms with Crippen molar-refractivity contribution in [1.82, 2.24) is 0 Å². The molecule has 1 atom stereocenters. The Hall–Kier alpha value is -1.02. The number of hydrogen-bond acceptors (Lipinski definition) is 2. The van der Waals surface area contributed by atoms with Gasteiger partial charge in [-0.15, -0.1) is 0 Å². The number of benzene rings is 1. The highest BCUT2D eigenvalue weighted by atomic mass is 16.5. The molecule has 2 heteroatoms. The quantitative estimate of drug-likeness (QED) is 0.754. The maximum Gasteiger partial charge on any atom is 0.126 e. The van der Waals surface area contributed by atoms with E-state index in [1.54, 1.807) is 0 Å². The monoisotopic (exact) mass is 203 g/mol. The molecule has 0 radical (unpaired) electrons. The number of rotatable bonds is 1. The van der Waals surface area contributed by atoms with Gasteiger partial charge in [0.15, 0.2) is 0 Å². The molecule has 0 fully saturated rings. The Morgan fingerprint density at radius 1 is 1.40 bits per heavy atom. The van der Waals surface area contributed by atoms with Crippen LogP contribution in [0.2, 0.25) is 0 Å². The SMILES string of the molecule is Cc1cc2c(c3c1CCC3)O[C@H](CN)C2. The van der Waals surface area contributed by atoms with Gasteiger partial charge >= 0.3 is 0 Å². The lowest BCUT2D eigenvalue weighted by Crippen LogP contribution is -2.24. The van der Waals surface area contributed by atoms with Crippen LogP contribution in [0.3, 0.4) is 0 Å². The lowest BCUT2D eigenvalue weighted by Gasteiger charge is -2.11. The third kappa shape index (κ3) is 1.28. The van der Waals surface area contributed by atoms with E-state index in [-0.39, 0.29) is 6.10 Å². The van der Waals surface area contributed by atoms with Crippen LogP contribution in [0.15, 0.2) is 6.07 Å². The summed E-state index contributed by atoms with van der Waals surface area (Å²) in [6.45, 7) is 2.85. The number of nitrogens with two attached hydrogens (primary N) is 1. The maximum absolute atomic E-state index is 5.93. The zero-order valence-corrected chi connectivity index (χ0v) is 9.18. The molecule has 0 bridgehead atoms. The smallest absolute Gasteiger partial charge is 0.126 e. The summed E-state index contributed by atoms with van der Waals surface area (Å²) in [5.74, 6) is 1.17. The fourth-order valence-corrected chi connectivity index (χ4v) is 2.92. The molecule has 1 aromatic rings. The summed E-state index contributed by atoms with van der Waals surface area (Å²) in [7, 11) is 0. The summed E-state index contributed by atoms with van der Waals surface area (Å²) in [4.78, 5) is 0. The van der Waals surface area contributed by atoms with Crippen molar-refractivity contribution >= 4 is 0 Å². The van der Waals surface area contributed by atoms with Crippen LogP contribution in [0.1, 0.15) is 28.7 Å². The van der Waals surface area contributed by atoms with Crippen LogP contribution in [0.25, 0.3) is 0 Å². The topological polar surface area (TPSA) is 35.2 Å². The van der Waals surface area contributed by atoms with Crippen LogP contribution in [0.5, 0.6) is 5.75 Å². The summed E-state index contributed by atoms with van der Waals surface area (Å²) in [6.07, 6.45) is 4.91. The molecule has 2 aliphatic rings. The minimum absolute atomic E-state index is 0.214. The van der Waals surface area contributed by atoms with E-state index in [4.69, 9.17) is 10.5 Å². The predicted molar refractivity (Wildman–Crippen MR) is 60.4 cm³/mol. The highest BCUT2D eigenvalue weighted by Crippen LogP contribution is 2.40. The van der Waals surface area contributed by atoms with Crippen LogP contribution in [-0.4, -0.2) is 12.6 Å². The highest BCUT2D eigenvalue weighted by Gasteiger charge is 2.28. The Balaban J connectivity index is 2.11. The lowest BCUT2D eigenvalue weighted by atomic mass is 9.98. The van der Waals surface area contributed by atoms with Crippen molar-refractivity contribution in [1.29, 1.82) is 0 Å². The molecular weight excluding hydrogens is 186 g/mol. The molecule has 0 spiro atoms. The van der Waals surface area contributed by atoms with Gasteiger partial charge in [-0.25, -0.2) is 0 Å². The third-order valence-corrected chi connectivity index (χ3v) is 3.65. The van der Waals surface area contributed by atoms with Crippen molar-refractivity contribution in [3.63, 3.8) is 0 Å². The first-order chi connectivity index (χ1) is 7.29. The second-order valence-electron chi connectivity index (χ2n) is 4.67. The van der Waals surface area contributed by atoms with Crippen molar-refractivity contribution in [3.05, 3.63) is 28.3 Å². The standard InChI is InChI=1S/C13H17NO/c1-8-5-9-6-10(7-14)15-13(9)12-4-2-3-11(8)12/h5,10H,2-4,6-7,14H2,1H3/t10-/m0/s1. The molecular formula is C13H17NO. The van der Waals surface area contributed by atoms with Gasteiger partial charge in [0.05, 0.1) is 0 Å². The Labute approximate surface area is 90.4 Å². The summed E-state index contributed by atoms with van der Waals surface area (Å²) < 4.78 is 5.93. The van der Waals surface area contributed by atoms with E-state index in [1.165, 1.54) is 47.3 Å². The first-order valence-electron chi connectivity index (χ1n) is 5.80. The molecule has 0 saturated heterocycles. The van der Waals surface area contributed by atoms with Gasteiger partial charge in [0.25, 0.3) is 0 Å². The minimum atomic E-state index is 0.214. The summed E-state index contributed by atoms with van der Waals surface area (Å²) in [5.41, 5.74) is 11.5. The van der Waals surface area contributed by atoms with Crippen LogP contribution >= 0.6 is 0 Å². The van der Waals surface area contributed by atoms with Crippen LogP contribution in [0, 0.1) is 6.92 Å². The Morgan fingerprint density at radius 3 is 3.00 bits per heavy atom. The van der Waals surface area contributed by atoms with Gasteiger partial charge < -0.3 is 10.5 Å². The van der Waals surface area contributed by atoms with E-state index < -0.39 is 0 Å². The Kier molecular flexibility index (Phi) is 1.99. The van der Waals surface area contributed by atoms with E-state index in [0.717, 1.165) is 6.42 Å².